The number of hydrogen-bond donors (Lipinski definition) is 1. The fourth-order valence-electron chi connectivity index (χ4n) is 4.98. The van der Waals surface area contributed by atoms with Crippen molar-refractivity contribution >= 4 is 16.9 Å². The number of para-hydroxylation sites is 1. The van der Waals surface area contributed by atoms with Crippen LogP contribution >= 0.6 is 0 Å². The number of aromatic amines is 1. The van der Waals surface area contributed by atoms with Gasteiger partial charge in [-0.2, -0.15) is 0 Å². The van der Waals surface area contributed by atoms with E-state index >= 15 is 0 Å². The summed E-state index contributed by atoms with van der Waals surface area (Å²) in [6.45, 7) is 7.00. The highest BCUT2D eigenvalue weighted by atomic mass is 16.5. The van der Waals surface area contributed by atoms with Gasteiger partial charge >= 0.3 is 11.7 Å². The number of benzene rings is 2. The zero-order chi connectivity index (χ0) is 24.1. The molecule has 4 rings (SSSR count). The SMILES string of the molecule is CCOC(=O)[C@H]1CN(CCC(C)Cn2c(=O)[nH]c3ccccc3c2=O)CC[C@H]1c1ccccc1. The number of esters is 1. The van der Waals surface area contributed by atoms with Crippen molar-refractivity contribution in [2.24, 2.45) is 11.8 Å². The van der Waals surface area contributed by atoms with Crippen molar-refractivity contribution in [3.8, 4) is 0 Å². The Morgan fingerprint density at radius 3 is 2.62 bits per heavy atom. The Kier molecular flexibility index (Phi) is 7.63. The van der Waals surface area contributed by atoms with Crippen LogP contribution in [0.5, 0.6) is 0 Å². The molecule has 1 aliphatic rings. The number of H-pyrrole nitrogens is 1. The summed E-state index contributed by atoms with van der Waals surface area (Å²) in [7, 11) is 0. The fourth-order valence-corrected chi connectivity index (χ4v) is 4.98. The molecule has 3 atom stereocenters. The first-order valence-corrected chi connectivity index (χ1v) is 12.1. The summed E-state index contributed by atoms with van der Waals surface area (Å²) in [6, 6.07) is 17.3. The molecule has 3 aromatic rings. The van der Waals surface area contributed by atoms with Gasteiger partial charge in [0.1, 0.15) is 0 Å². The highest BCUT2D eigenvalue weighted by molar-refractivity contribution is 5.77. The number of ether oxygens (including phenoxy) is 1. The van der Waals surface area contributed by atoms with E-state index in [1.807, 2.05) is 25.1 Å². The van der Waals surface area contributed by atoms with Crippen molar-refractivity contribution in [2.75, 3.05) is 26.2 Å². The third-order valence-electron chi connectivity index (χ3n) is 6.84. The van der Waals surface area contributed by atoms with Crippen LogP contribution in [0.1, 0.15) is 38.2 Å². The number of carbonyl (C=O) groups excluding carboxylic acids is 1. The first-order chi connectivity index (χ1) is 16.5. The second kappa shape index (κ2) is 10.8. The summed E-state index contributed by atoms with van der Waals surface area (Å²) in [6.07, 6.45) is 1.72. The lowest BCUT2D eigenvalue weighted by Gasteiger charge is -2.38. The largest absolute Gasteiger partial charge is 0.466 e. The Labute approximate surface area is 199 Å². The van der Waals surface area contributed by atoms with Crippen LogP contribution in [0.15, 0.2) is 64.2 Å². The lowest BCUT2D eigenvalue weighted by molar-refractivity contribution is -0.150. The molecule has 2 aromatic carbocycles. The van der Waals surface area contributed by atoms with Gasteiger partial charge in [-0.1, -0.05) is 49.4 Å². The van der Waals surface area contributed by atoms with Gasteiger partial charge in [-0.05, 0) is 62.4 Å². The molecule has 1 aromatic heterocycles. The molecule has 1 fully saturated rings. The molecule has 1 aliphatic heterocycles. The van der Waals surface area contributed by atoms with Crippen LogP contribution in [0.25, 0.3) is 10.9 Å². The number of aromatic nitrogens is 2. The highest BCUT2D eigenvalue weighted by Gasteiger charge is 2.36. The van der Waals surface area contributed by atoms with Gasteiger partial charge in [0.15, 0.2) is 0 Å². The smallest absolute Gasteiger partial charge is 0.328 e. The number of carbonyl (C=O) groups is 1. The number of piperidine rings is 1. The minimum absolute atomic E-state index is 0.132. The van der Waals surface area contributed by atoms with Gasteiger partial charge in [-0.25, -0.2) is 4.79 Å². The molecule has 180 valence electrons. The van der Waals surface area contributed by atoms with Crippen LogP contribution in [-0.4, -0.2) is 46.7 Å². The van der Waals surface area contributed by atoms with Crippen LogP contribution in [-0.2, 0) is 16.1 Å². The molecule has 0 amide bonds. The Morgan fingerprint density at radius 2 is 1.85 bits per heavy atom. The molecule has 0 spiro atoms. The predicted octanol–water partition coefficient (Wildman–Crippen LogP) is 3.38. The van der Waals surface area contributed by atoms with Gasteiger partial charge in [0, 0.05) is 13.1 Å². The van der Waals surface area contributed by atoms with Crippen molar-refractivity contribution in [1.82, 2.24) is 14.5 Å². The van der Waals surface area contributed by atoms with Gasteiger partial charge in [0.2, 0.25) is 0 Å². The number of hydrogen-bond acceptors (Lipinski definition) is 5. The Morgan fingerprint density at radius 1 is 1.12 bits per heavy atom. The Bertz CT molecular complexity index is 1230. The minimum atomic E-state index is -0.374. The van der Waals surface area contributed by atoms with Gasteiger partial charge in [0.25, 0.3) is 5.56 Å². The lowest BCUT2D eigenvalue weighted by atomic mass is 9.80. The van der Waals surface area contributed by atoms with Crippen LogP contribution in [0.3, 0.4) is 0 Å². The maximum absolute atomic E-state index is 12.8. The summed E-state index contributed by atoms with van der Waals surface area (Å²) in [5, 5.41) is 0.523. The van der Waals surface area contributed by atoms with Crippen LogP contribution < -0.4 is 11.2 Å². The summed E-state index contributed by atoms with van der Waals surface area (Å²) >= 11 is 0. The van der Waals surface area contributed by atoms with Crippen molar-refractivity contribution in [2.45, 2.75) is 39.2 Å². The third kappa shape index (κ3) is 5.30. The quantitative estimate of drug-likeness (QED) is 0.518. The van der Waals surface area contributed by atoms with Crippen molar-refractivity contribution < 1.29 is 9.53 Å². The number of nitrogens with zero attached hydrogens (tertiary/aromatic N) is 2. The number of likely N-dealkylation sites (tertiary alicyclic amines) is 1. The number of rotatable bonds is 8. The normalized spacial score (nSPS) is 19.7. The average Bonchev–Trinajstić information content (AvgIpc) is 2.86. The molecule has 0 aliphatic carbocycles. The van der Waals surface area contributed by atoms with Gasteiger partial charge in [-0.3, -0.25) is 14.2 Å². The molecule has 1 N–H and O–H groups in total. The number of fused-ring (bicyclic) bond motifs is 1. The predicted molar refractivity (Wildman–Crippen MR) is 133 cm³/mol. The molecule has 1 saturated heterocycles. The topological polar surface area (TPSA) is 84.4 Å². The van der Waals surface area contributed by atoms with E-state index in [1.54, 1.807) is 24.3 Å². The molecular formula is C27H33N3O4. The van der Waals surface area contributed by atoms with E-state index < -0.39 is 0 Å². The summed E-state index contributed by atoms with van der Waals surface area (Å²) in [4.78, 5) is 43.2. The molecule has 7 heteroatoms. The summed E-state index contributed by atoms with van der Waals surface area (Å²) < 4.78 is 6.71. The average molecular weight is 464 g/mol. The van der Waals surface area contributed by atoms with Crippen LogP contribution in [0, 0.1) is 11.8 Å². The van der Waals surface area contributed by atoms with Gasteiger partial charge in [0.05, 0.1) is 23.4 Å². The van der Waals surface area contributed by atoms with Crippen molar-refractivity contribution in [3.63, 3.8) is 0 Å². The van der Waals surface area contributed by atoms with E-state index in [0.717, 1.165) is 25.9 Å². The molecular weight excluding hydrogens is 430 g/mol. The molecule has 1 unspecified atom stereocenters. The highest BCUT2D eigenvalue weighted by Crippen LogP contribution is 2.34. The lowest BCUT2D eigenvalue weighted by Crippen LogP contribution is -2.44. The Hall–Kier alpha value is -3.19. The maximum Gasteiger partial charge on any atom is 0.328 e. The van der Waals surface area contributed by atoms with E-state index in [2.05, 4.69) is 28.9 Å². The first kappa shape index (κ1) is 24.0. The summed E-state index contributed by atoms with van der Waals surface area (Å²) in [5.41, 5.74) is 1.12. The van der Waals surface area contributed by atoms with E-state index in [-0.39, 0.29) is 35.0 Å². The molecule has 7 nitrogen and oxygen atoms in total. The Balaban J connectivity index is 1.41. The second-order valence-electron chi connectivity index (χ2n) is 9.25. The van der Waals surface area contributed by atoms with Crippen LogP contribution in [0.2, 0.25) is 0 Å². The first-order valence-electron chi connectivity index (χ1n) is 12.1. The monoisotopic (exact) mass is 463 g/mol. The maximum atomic E-state index is 12.8. The molecule has 0 bridgehead atoms. The fraction of sp³-hybridized carbons (Fsp3) is 0.444. The zero-order valence-corrected chi connectivity index (χ0v) is 19.9. The summed E-state index contributed by atoms with van der Waals surface area (Å²) in [5.74, 6) is -0.0442. The van der Waals surface area contributed by atoms with E-state index in [0.29, 0.717) is 30.6 Å². The second-order valence-corrected chi connectivity index (χ2v) is 9.25. The van der Waals surface area contributed by atoms with E-state index in [1.165, 1.54) is 10.1 Å². The molecule has 34 heavy (non-hydrogen) atoms. The molecule has 0 radical (unpaired) electrons. The third-order valence-corrected chi connectivity index (χ3v) is 6.84. The minimum Gasteiger partial charge on any atom is -0.466 e. The van der Waals surface area contributed by atoms with Crippen LogP contribution in [0.4, 0.5) is 0 Å². The standard InChI is InChI=1S/C27H33N3O4/c1-3-34-26(32)23-18-29(16-14-21(23)20-9-5-4-6-10-20)15-13-19(2)17-30-25(31)22-11-7-8-12-24(22)28-27(30)33/h4-12,19,21,23H,3,13-18H2,1-2H3,(H,28,33)/t19?,21-,23-/m0/s1. The zero-order valence-electron chi connectivity index (χ0n) is 19.9. The molecule has 0 saturated carbocycles. The molecule has 2 heterocycles. The van der Waals surface area contributed by atoms with E-state index in [4.69, 9.17) is 4.74 Å². The van der Waals surface area contributed by atoms with Crippen molar-refractivity contribution in [1.29, 1.82) is 0 Å². The van der Waals surface area contributed by atoms with Gasteiger partial charge < -0.3 is 14.6 Å². The number of nitrogens with one attached hydrogen (secondary N) is 1. The van der Waals surface area contributed by atoms with Gasteiger partial charge in [-0.15, -0.1) is 0 Å². The van der Waals surface area contributed by atoms with Crippen molar-refractivity contribution in [3.05, 3.63) is 81.0 Å². The van der Waals surface area contributed by atoms with E-state index in [9.17, 15) is 14.4 Å².